The van der Waals surface area contributed by atoms with Crippen LogP contribution in [0.15, 0.2) is 176 Å². The van der Waals surface area contributed by atoms with E-state index in [1.54, 1.807) is 0 Å². The molecule has 0 saturated heterocycles. The molecule has 0 aliphatic heterocycles. The summed E-state index contributed by atoms with van der Waals surface area (Å²) in [5.74, 6) is 1.94. The van der Waals surface area contributed by atoms with Gasteiger partial charge in [0.1, 0.15) is 0 Å². The van der Waals surface area contributed by atoms with Gasteiger partial charge in [0.2, 0.25) is 0 Å². The molecule has 0 atom stereocenters. The minimum absolute atomic E-state index is 0.0207. The van der Waals surface area contributed by atoms with Crippen LogP contribution in [0.5, 0.6) is 0 Å². The highest BCUT2D eigenvalue weighted by Gasteiger charge is 2.35. The van der Waals surface area contributed by atoms with E-state index in [0.29, 0.717) is 17.5 Å². The first kappa shape index (κ1) is 30.6. The zero-order valence-corrected chi connectivity index (χ0v) is 28.6. The third kappa shape index (κ3) is 5.53. The molecule has 7 aromatic carbocycles. The first-order valence-electron chi connectivity index (χ1n) is 17.4. The van der Waals surface area contributed by atoms with Gasteiger partial charge in [-0.25, -0.2) is 15.0 Å². The molecule has 3 nitrogen and oxygen atoms in total. The van der Waals surface area contributed by atoms with Crippen molar-refractivity contribution in [1.29, 1.82) is 0 Å². The van der Waals surface area contributed by atoms with Crippen molar-refractivity contribution in [2.45, 2.75) is 19.3 Å². The second-order valence-corrected chi connectivity index (χ2v) is 13.7. The molecule has 0 N–H and O–H groups in total. The smallest absolute Gasteiger partial charge is 0.164 e. The van der Waals surface area contributed by atoms with E-state index in [1.807, 2.05) is 60.7 Å². The average molecular weight is 654 g/mol. The van der Waals surface area contributed by atoms with Crippen LogP contribution in [0.25, 0.3) is 78.7 Å². The second-order valence-electron chi connectivity index (χ2n) is 13.7. The van der Waals surface area contributed by atoms with Crippen LogP contribution in [0.4, 0.5) is 0 Å². The molecule has 51 heavy (non-hydrogen) atoms. The summed E-state index contributed by atoms with van der Waals surface area (Å²) >= 11 is 0. The van der Waals surface area contributed by atoms with Gasteiger partial charge in [-0.05, 0) is 73.8 Å². The van der Waals surface area contributed by atoms with Crippen molar-refractivity contribution in [1.82, 2.24) is 15.0 Å². The number of hydrogen-bond donors (Lipinski definition) is 0. The average Bonchev–Trinajstić information content (AvgIpc) is 3.44. The van der Waals surface area contributed by atoms with Crippen LogP contribution in [0.3, 0.4) is 0 Å². The molecular formula is C48H35N3. The Bertz CT molecular complexity index is 2480. The van der Waals surface area contributed by atoms with Crippen molar-refractivity contribution in [2.24, 2.45) is 0 Å². The summed E-state index contributed by atoms with van der Waals surface area (Å²) in [5.41, 5.74) is 15.2. The highest BCUT2D eigenvalue weighted by atomic mass is 15.0. The van der Waals surface area contributed by atoms with Crippen molar-refractivity contribution in [3.8, 4) is 78.7 Å². The fourth-order valence-electron chi connectivity index (χ4n) is 7.50. The summed E-state index contributed by atoms with van der Waals surface area (Å²) in [6, 6.07) is 62.1. The maximum atomic E-state index is 5.04. The summed E-state index contributed by atoms with van der Waals surface area (Å²) in [4.78, 5) is 15.0. The van der Waals surface area contributed by atoms with Crippen molar-refractivity contribution in [3.63, 3.8) is 0 Å². The third-order valence-corrected chi connectivity index (χ3v) is 10.2. The van der Waals surface area contributed by atoms with Gasteiger partial charge in [-0.2, -0.15) is 0 Å². The molecule has 9 rings (SSSR count). The number of fused-ring (bicyclic) bond motifs is 3. The van der Waals surface area contributed by atoms with Crippen molar-refractivity contribution >= 4 is 0 Å². The maximum absolute atomic E-state index is 5.04. The van der Waals surface area contributed by atoms with Crippen molar-refractivity contribution < 1.29 is 0 Å². The van der Waals surface area contributed by atoms with Gasteiger partial charge in [-0.3, -0.25) is 0 Å². The van der Waals surface area contributed by atoms with Crippen LogP contribution in [-0.4, -0.2) is 15.0 Å². The standard InChI is InChI=1S/C48H35N3/c1-48(2)43-24-13-12-23-40(43)42-30-36(26-28-44(42)48)35-21-14-22-37(29-35)41-31-38(25-27-39(41)32-15-6-3-7-16-32)47-50-45(33-17-8-4-9-18-33)49-46(51-47)34-19-10-5-11-20-34/h3-31H,1-2H3. The summed E-state index contributed by atoms with van der Waals surface area (Å²) in [6.07, 6.45) is 0. The van der Waals surface area contributed by atoms with E-state index in [0.717, 1.165) is 38.9 Å². The topological polar surface area (TPSA) is 38.7 Å². The SMILES string of the molecule is CC1(C)c2ccccc2-c2cc(-c3cccc(-c4cc(-c5nc(-c6ccccc6)nc(-c6ccccc6)n5)ccc4-c4ccccc4)c3)ccc21. The molecule has 1 aliphatic rings. The molecule has 1 aliphatic carbocycles. The van der Waals surface area contributed by atoms with E-state index in [1.165, 1.54) is 33.4 Å². The van der Waals surface area contributed by atoms with Crippen LogP contribution >= 0.6 is 0 Å². The first-order chi connectivity index (χ1) is 25.0. The summed E-state index contributed by atoms with van der Waals surface area (Å²) in [6.45, 7) is 4.66. The van der Waals surface area contributed by atoms with Gasteiger partial charge in [-0.1, -0.05) is 172 Å². The van der Waals surface area contributed by atoms with Gasteiger partial charge in [0.15, 0.2) is 17.5 Å². The summed E-state index contributed by atoms with van der Waals surface area (Å²) < 4.78 is 0. The number of nitrogens with zero attached hydrogens (tertiary/aromatic N) is 3. The molecule has 0 radical (unpaired) electrons. The lowest BCUT2D eigenvalue weighted by Gasteiger charge is -2.21. The van der Waals surface area contributed by atoms with Gasteiger partial charge in [0.05, 0.1) is 0 Å². The number of rotatable bonds is 6. The maximum Gasteiger partial charge on any atom is 0.164 e. The Morgan fingerprint density at radius 3 is 1.43 bits per heavy atom. The highest BCUT2D eigenvalue weighted by Crippen LogP contribution is 2.49. The summed E-state index contributed by atoms with van der Waals surface area (Å²) in [7, 11) is 0. The fourth-order valence-corrected chi connectivity index (χ4v) is 7.50. The van der Waals surface area contributed by atoms with Gasteiger partial charge in [0, 0.05) is 22.1 Å². The Hall–Kier alpha value is -6.45. The summed E-state index contributed by atoms with van der Waals surface area (Å²) in [5, 5.41) is 0. The van der Waals surface area contributed by atoms with E-state index in [4.69, 9.17) is 15.0 Å². The van der Waals surface area contributed by atoms with E-state index in [9.17, 15) is 0 Å². The monoisotopic (exact) mass is 653 g/mol. The lowest BCUT2D eigenvalue weighted by atomic mass is 9.82. The molecule has 3 heteroatoms. The van der Waals surface area contributed by atoms with Crippen LogP contribution in [0.1, 0.15) is 25.0 Å². The lowest BCUT2D eigenvalue weighted by molar-refractivity contribution is 0.660. The van der Waals surface area contributed by atoms with Gasteiger partial charge in [-0.15, -0.1) is 0 Å². The number of aromatic nitrogens is 3. The molecule has 0 spiro atoms. The molecule has 8 aromatic rings. The van der Waals surface area contributed by atoms with Crippen molar-refractivity contribution in [3.05, 3.63) is 187 Å². The van der Waals surface area contributed by atoms with Gasteiger partial charge >= 0.3 is 0 Å². The normalized spacial score (nSPS) is 12.7. The molecule has 0 unspecified atom stereocenters. The molecule has 242 valence electrons. The van der Waals surface area contributed by atoms with Gasteiger partial charge in [0.25, 0.3) is 0 Å². The van der Waals surface area contributed by atoms with E-state index in [-0.39, 0.29) is 5.41 Å². The Labute approximate surface area is 299 Å². The van der Waals surface area contributed by atoms with Gasteiger partial charge < -0.3 is 0 Å². The predicted octanol–water partition coefficient (Wildman–Crippen LogP) is 12.2. The second kappa shape index (κ2) is 12.5. The Kier molecular flexibility index (Phi) is 7.48. The van der Waals surface area contributed by atoms with Crippen LogP contribution < -0.4 is 0 Å². The molecule has 1 aromatic heterocycles. The zero-order valence-electron chi connectivity index (χ0n) is 28.6. The lowest BCUT2D eigenvalue weighted by Crippen LogP contribution is -2.14. The van der Waals surface area contributed by atoms with E-state index >= 15 is 0 Å². The van der Waals surface area contributed by atoms with E-state index < -0.39 is 0 Å². The highest BCUT2D eigenvalue weighted by molar-refractivity contribution is 5.89. The Balaban J connectivity index is 1.19. The molecule has 1 heterocycles. The van der Waals surface area contributed by atoms with E-state index in [2.05, 4.69) is 129 Å². The fraction of sp³-hybridized carbons (Fsp3) is 0.0625. The Morgan fingerprint density at radius 2 is 0.765 bits per heavy atom. The largest absolute Gasteiger partial charge is 0.208 e. The number of hydrogen-bond acceptors (Lipinski definition) is 3. The molecule has 0 bridgehead atoms. The molecule has 0 saturated carbocycles. The quantitative estimate of drug-likeness (QED) is 0.179. The first-order valence-corrected chi connectivity index (χ1v) is 17.4. The molecule has 0 amide bonds. The van der Waals surface area contributed by atoms with Crippen LogP contribution in [-0.2, 0) is 5.41 Å². The van der Waals surface area contributed by atoms with Crippen molar-refractivity contribution in [2.75, 3.05) is 0 Å². The molecular weight excluding hydrogens is 619 g/mol. The zero-order chi connectivity index (χ0) is 34.4. The Morgan fingerprint density at radius 1 is 0.294 bits per heavy atom. The third-order valence-electron chi connectivity index (χ3n) is 10.2. The minimum atomic E-state index is -0.0207. The van der Waals surface area contributed by atoms with Crippen LogP contribution in [0.2, 0.25) is 0 Å². The predicted molar refractivity (Wildman–Crippen MR) is 210 cm³/mol. The van der Waals surface area contributed by atoms with Crippen LogP contribution in [0, 0.1) is 0 Å². The molecule has 0 fully saturated rings. The minimum Gasteiger partial charge on any atom is -0.208 e. The number of benzene rings is 7.